The largest absolute Gasteiger partial charge is 0.416 e. The molecule has 7 heteroatoms. The molecule has 1 aromatic heterocycles. The van der Waals surface area contributed by atoms with Crippen LogP contribution in [0, 0.1) is 0 Å². The van der Waals surface area contributed by atoms with Crippen LogP contribution in [0.2, 0.25) is 0 Å². The zero-order chi connectivity index (χ0) is 15.7. The second-order valence-electron chi connectivity index (χ2n) is 4.57. The zero-order valence-corrected chi connectivity index (χ0v) is 11.1. The van der Waals surface area contributed by atoms with Crippen LogP contribution >= 0.6 is 0 Å². The van der Waals surface area contributed by atoms with Gasteiger partial charge in [-0.1, -0.05) is 12.1 Å². The van der Waals surface area contributed by atoms with Crippen LogP contribution in [-0.4, -0.2) is 10.2 Å². The van der Waals surface area contributed by atoms with Crippen molar-refractivity contribution in [1.29, 1.82) is 0 Å². The number of nitrogens with two attached hydrogens (primary N) is 1. The Labute approximate surface area is 123 Å². The smallest absolute Gasteiger partial charge is 0.416 e. The van der Waals surface area contributed by atoms with E-state index in [-0.39, 0.29) is 11.8 Å². The van der Waals surface area contributed by atoms with Crippen LogP contribution in [0.3, 0.4) is 0 Å². The Balaban J connectivity index is 1.93. The maximum Gasteiger partial charge on any atom is 0.416 e. The van der Waals surface area contributed by atoms with Crippen molar-refractivity contribution in [3.63, 3.8) is 0 Å². The molecule has 0 amide bonds. The summed E-state index contributed by atoms with van der Waals surface area (Å²) in [4.78, 5) is 0. The first kappa shape index (κ1) is 14.1. The van der Waals surface area contributed by atoms with Gasteiger partial charge in [0.15, 0.2) is 0 Å². The predicted molar refractivity (Wildman–Crippen MR) is 74.6 cm³/mol. The van der Waals surface area contributed by atoms with Crippen LogP contribution in [0.15, 0.2) is 52.9 Å². The number of nitrogen functional groups attached to an aromatic ring is 1. The SMILES string of the molecule is Nc1ccccc1-c1nnc(-c2ccc(C(F)(F)F)cc2)o1. The van der Waals surface area contributed by atoms with Crippen molar-refractivity contribution in [3.8, 4) is 22.9 Å². The summed E-state index contributed by atoms with van der Waals surface area (Å²) in [5.41, 5.74) is 6.54. The Bertz CT molecular complexity index is 794. The Morgan fingerprint density at radius 2 is 1.50 bits per heavy atom. The number of rotatable bonds is 2. The van der Waals surface area contributed by atoms with Gasteiger partial charge in [-0.05, 0) is 36.4 Å². The van der Waals surface area contributed by atoms with Gasteiger partial charge in [-0.15, -0.1) is 10.2 Å². The van der Waals surface area contributed by atoms with E-state index in [1.54, 1.807) is 24.3 Å². The second kappa shape index (κ2) is 5.18. The van der Waals surface area contributed by atoms with E-state index in [2.05, 4.69) is 10.2 Å². The summed E-state index contributed by atoms with van der Waals surface area (Å²) in [6, 6.07) is 11.5. The molecule has 22 heavy (non-hydrogen) atoms. The molecular formula is C15H10F3N3O. The van der Waals surface area contributed by atoms with Crippen LogP contribution in [-0.2, 0) is 6.18 Å². The highest BCUT2D eigenvalue weighted by molar-refractivity contribution is 5.70. The number of para-hydroxylation sites is 1. The number of aromatic nitrogens is 2. The quantitative estimate of drug-likeness (QED) is 0.727. The van der Waals surface area contributed by atoms with E-state index in [0.717, 1.165) is 12.1 Å². The molecular weight excluding hydrogens is 295 g/mol. The molecule has 3 rings (SSSR count). The van der Waals surface area contributed by atoms with Crippen LogP contribution in [0.4, 0.5) is 18.9 Å². The van der Waals surface area contributed by atoms with E-state index in [4.69, 9.17) is 10.2 Å². The van der Waals surface area contributed by atoms with Crippen molar-refractivity contribution in [2.24, 2.45) is 0 Å². The first-order valence-electron chi connectivity index (χ1n) is 6.31. The molecule has 0 aliphatic heterocycles. The highest BCUT2D eigenvalue weighted by atomic mass is 19.4. The maximum atomic E-state index is 12.5. The van der Waals surface area contributed by atoms with Crippen molar-refractivity contribution in [3.05, 3.63) is 54.1 Å². The van der Waals surface area contributed by atoms with E-state index < -0.39 is 11.7 Å². The number of hydrogen-bond donors (Lipinski definition) is 1. The molecule has 1 heterocycles. The number of halogens is 3. The molecule has 0 saturated carbocycles. The lowest BCUT2D eigenvalue weighted by Crippen LogP contribution is -2.03. The number of benzene rings is 2. The van der Waals surface area contributed by atoms with Crippen LogP contribution in [0.1, 0.15) is 5.56 Å². The highest BCUT2D eigenvalue weighted by Gasteiger charge is 2.30. The number of hydrogen-bond acceptors (Lipinski definition) is 4. The second-order valence-corrected chi connectivity index (χ2v) is 4.57. The average molecular weight is 305 g/mol. The summed E-state index contributed by atoms with van der Waals surface area (Å²) >= 11 is 0. The lowest BCUT2D eigenvalue weighted by Gasteiger charge is -2.05. The molecule has 2 aromatic carbocycles. The molecule has 2 N–H and O–H groups in total. The summed E-state index contributed by atoms with van der Waals surface area (Å²) in [5.74, 6) is 0.347. The fourth-order valence-electron chi connectivity index (χ4n) is 1.94. The number of anilines is 1. The summed E-state index contributed by atoms with van der Waals surface area (Å²) in [6.07, 6.45) is -4.38. The van der Waals surface area contributed by atoms with Crippen molar-refractivity contribution < 1.29 is 17.6 Å². The molecule has 0 bridgehead atoms. The van der Waals surface area contributed by atoms with E-state index in [1.165, 1.54) is 12.1 Å². The number of alkyl halides is 3. The van der Waals surface area contributed by atoms with E-state index in [0.29, 0.717) is 16.8 Å². The van der Waals surface area contributed by atoms with E-state index >= 15 is 0 Å². The fourth-order valence-corrected chi connectivity index (χ4v) is 1.94. The van der Waals surface area contributed by atoms with Gasteiger partial charge in [-0.3, -0.25) is 0 Å². The minimum absolute atomic E-state index is 0.131. The van der Waals surface area contributed by atoms with Crippen molar-refractivity contribution in [2.75, 3.05) is 5.73 Å². The standard InChI is InChI=1S/C15H10F3N3O/c16-15(17,18)10-7-5-9(6-8-10)13-20-21-14(22-13)11-3-1-2-4-12(11)19/h1-8H,19H2. The molecule has 0 spiro atoms. The van der Waals surface area contributed by atoms with E-state index in [1.807, 2.05) is 0 Å². The molecule has 0 radical (unpaired) electrons. The summed E-state index contributed by atoms with van der Waals surface area (Å²) in [5, 5.41) is 7.72. The van der Waals surface area contributed by atoms with Gasteiger partial charge in [0.05, 0.1) is 11.1 Å². The van der Waals surface area contributed by atoms with Gasteiger partial charge >= 0.3 is 6.18 Å². The van der Waals surface area contributed by atoms with Crippen molar-refractivity contribution in [1.82, 2.24) is 10.2 Å². The predicted octanol–water partition coefficient (Wildman–Crippen LogP) is 4.00. The molecule has 0 saturated heterocycles. The Morgan fingerprint density at radius 1 is 0.864 bits per heavy atom. The van der Waals surface area contributed by atoms with Gasteiger partial charge in [0.1, 0.15) is 0 Å². The molecule has 4 nitrogen and oxygen atoms in total. The van der Waals surface area contributed by atoms with Gasteiger partial charge < -0.3 is 10.2 Å². The normalized spacial score (nSPS) is 11.6. The Hall–Kier alpha value is -2.83. The fraction of sp³-hybridized carbons (Fsp3) is 0.0667. The van der Waals surface area contributed by atoms with Crippen LogP contribution in [0.5, 0.6) is 0 Å². The molecule has 0 fully saturated rings. The lowest BCUT2D eigenvalue weighted by atomic mass is 10.1. The first-order chi connectivity index (χ1) is 10.4. The van der Waals surface area contributed by atoms with Gasteiger partial charge in [-0.25, -0.2) is 0 Å². The topological polar surface area (TPSA) is 64.9 Å². The number of nitrogens with zero attached hydrogens (tertiary/aromatic N) is 2. The van der Waals surface area contributed by atoms with Gasteiger partial charge in [-0.2, -0.15) is 13.2 Å². The third kappa shape index (κ3) is 2.65. The Morgan fingerprint density at radius 3 is 2.14 bits per heavy atom. The average Bonchev–Trinajstić information content (AvgIpc) is 2.96. The zero-order valence-electron chi connectivity index (χ0n) is 11.1. The third-order valence-corrected chi connectivity index (χ3v) is 3.08. The first-order valence-corrected chi connectivity index (χ1v) is 6.31. The maximum absolute atomic E-state index is 12.5. The molecule has 0 unspecified atom stereocenters. The summed E-state index contributed by atoms with van der Waals surface area (Å²) in [6.45, 7) is 0. The van der Waals surface area contributed by atoms with Gasteiger partial charge in [0.25, 0.3) is 0 Å². The molecule has 0 aliphatic carbocycles. The molecule has 0 atom stereocenters. The summed E-state index contributed by atoms with van der Waals surface area (Å²) in [7, 11) is 0. The highest BCUT2D eigenvalue weighted by Crippen LogP contribution is 2.32. The van der Waals surface area contributed by atoms with E-state index in [9.17, 15) is 13.2 Å². The monoisotopic (exact) mass is 305 g/mol. The van der Waals surface area contributed by atoms with Gasteiger partial charge in [0, 0.05) is 11.3 Å². The molecule has 112 valence electrons. The molecule has 3 aromatic rings. The van der Waals surface area contributed by atoms with Crippen LogP contribution in [0.25, 0.3) is 22.9 Å². The minimum Gasteiger partial charge on any atom is -0.416 e. The lowest BCUT2D eigenvalue weighted by molar-refractivity contribution is -0.137. The van der Waals surface area contributed by atoms with Crippen molar-refractivity contribution in [2.45, 2.75) is 6.18 Å². The minimum atomic E-state index is -4.38. The molecule has 0 aliphatic rings. The van der Waals surface area contributed by atoms with Crippen molar-refractivity contribution >= 4 is 5.69 Å². The third-order valence-electron chi connectivity index (χ3n) is 3.08. The summed E-state index contributed by atoms with van der Waals surface area (Å²) < 4.78 is 43.1. The van der Waals surface area contributed by atoms with Gasteiger partial charge in [0.2, 0.25) is 11.8 Å². The Kier molecular flexibility index (Phi) is 3.32. The van der Waals surface area contributed by atoms with Crippen LogP contribution < -0.4 is 5.73 Å².